The number of urea groups is 1. The van der Waals surface area contributed by atoms with Crippen LogP contribution in [0.4, 0.5) is 4.79 Å². The molecule has 0 unspecified atom stereocenters. The molecule has 1 saturated heterocycles. The highest BCUT2D eigenvalue weighted by atomic mass is 32.1. The number of hydrogen-bond donors (Lipinski definition) is 2. The van der Waals surface area contributed by atoms with Crippen molar-refractivity contribution in [1.82, 2.24) is 10.6 Å². The largest absolute Gasteiger partial charge is 0.464 e. The molecule has 0 aromatic rings. The number of amides is 2. The van der Waals surface area contributed by atoms with E-state index in [1.54, 1.807) is 0 Å². The second-order valence-corrected chi connectivity index (χ2v) is 4.50. The van der Waals surface area contributed by atoms with Crippen molar-refractivity contribution >= 4 is 29.2 Å². The molecule has 0 aliphatic carbocycles. The second-order valence-electron chi connectivity index (χ2n) is 4.01. The molecule has 6 heteroatoms. The number of rotatable bonds is 6. The highest BCUT2D eigenvalue weighted by Gasteiger charge is 2.28. The molecule has 1 aliphatic rings. The zero-order valence-electron chi connectivity index (χ0n) is 9.95. The van der Waals surface area contributed by atoms with E-state index >= 15 is 0 Å². The summed E-state index contributed by atoms with van der Waals surface area (Å²) in [5.74, 6) is -0.404. The van der Waals surface area contributed by atoms with Crippen molar-refractivity contribution < 1.29 is 14.3 Å². The summed E-state index contributed by atoms with van der Waals surface area (Å²) >= 11 is 4.87. The van der Waals surface area contributed by atoms with Crippen LogP contribution in [0, 0.1) is 0 Å². The predicted octanol–water partition coefficient (Wildman–Crippen LogP) is 1.51. The van der Waals surface area contributed by atoms with E-state index in [1.165, 1.54) is 0 Å². The molecule has 1 atom stereocenters. The maximum atomic E-state index is 11.6. The van der Waals surface area contributed by atoms with E-state index in [-0.39, 0.29) is 0 Å². The van der Waals surface area contributed by atoms with Crippen LogP contribution in [0.25, 0.3) is 0 Å². The summed E-state index contributed by atoms with van der Waals surface area (Å²) in [5.41, 5.74) is 0. The normalized spacial score (nSPS) is 19.5. The third-order valence-corrected chi connectivity index (χ3v) is 2.74. The number of carbonyl (C=O) groups is 2. The number of hydrogen-bond acceptors (Lipinski definition) is 4. The Hall–Kier alpha value is -1.17. The van der Waals surface area contributed by atoms with Crippen molar-refractivity contribution in [3.8, 4) is 0 Å². The van der Waals surface area contributed by atoms with Gasteiger partial charge >= 0.3 is 12.0 Å². The number of nitrogens with one attached hydrogen (secondary N) is 2. The molecule has 2 N–H and O–H groups in total. The molecule has 1 rings (SSSR count). The summed E-state index contributed by atoms with van der Waals surface area (Å²) in [7, 11) is 0. The Bertz CT molecular complexity index is 291. The van der Waals surface area contributed by atoms with Gasteiger partial charge in [-0.05, 0) is 6.42 Å². The van der Waals surface area contributed by atoms with Crippen LogP contribution in [0.5, 0.6) is 0 Å². The molecule has 1 heterocycles. The van der Waals surface area contributed by atoms with Crippen LogP contribution in [-0.4, -0.2) is 29.6 Å². The van der Waals surface area contributed by atoms with Gasteiger partial charge in [-0.25, -0.2) is 9.59 Å². The molecular weight excluding hydrogens is 240 g/mol. The highest BCUT2D eigenvalue weighted by Crippen LogP contribution is 2.04. The third kappa shape index (κ3) is 5.12. The van der Waals surface area contributed by atoms with Crippen molar-refractivity contribution in [2.24, 2.45) is 0 Å². The molecule has 96 valence electrons. The van der Waals surface area contributed by atoms with Gasteiger partial charge in [0.05, 0.1) is 11.6 Å². The lowest BCUT2D eigenvalue weighted by molar-refractivity contribution is -0.145. The Kier molecular flexibility index (Phi) is 5.90. The fraction of sp³-hybridized carbons (Fsp3) is 0.727. The summed E-state index contributed by atoms with van der Waals surface area (Å²) < 4.78 is 5.08. The summed E-state index contributed by atoms with van der Waals surface area (Å²) in [5, 5.41) is 4.91. The molecule has 0 radical (unpaired) electrons. The van der Waals surface area contributed by atoms with Gasteiger partial charge in [0.25, 0.3) is 0 Å². The highest BCUT2D eigenvalue weighted by molar-refractivity contribution is 7.80. The molecule has 0 spiro atoms. The first-order chi connectivity index (χ1) is 8.13. The molecule has 0 bridgehead atoms. The molecule has 0 aromatic carbocycles. The van der Waals surface area contributed by atoms with Crippen LogP contribution < -0.4 is 10.6 Å². The van der Waals surface area contributed by atoms with E-state index in [0.29, 0.717) is 18.0 Å². The Balaban J connectivity index is 2.22. The first kappa shape index (κ1) is 13.9. The zero-order chi connectivity index (χ0) is 12.7. The number of esters is 1. The van der Waals surface area contributed by atoms with Crippen LogP contribution in [-0.2, 0) is 9.53 Å². The Morgan fingerprint density at radius 2 is 2.24 bits per heavy atom. The summed E-state index contributed by atoms with van der Waals surface area (Å²) in [4.78, 5) is 23.1. The van der Waals surface area contributed by atoms with Crippen molar-refractivity contribution in [2.75, 3.05) is 6.61 Å². The monoisotopic (exact) mass is 258 g/mol. The van der Waals surface area contributed by atoms with Crippen LogP contribution in [0.2, 0.25) is 0 Å². The van der Waals surface area contributed by atoms with E-state index < -0.39 is 18.0 Å². The minimum absolute atomic E-state index is 0.314. The Morgan fingerprint density at radius 3 is 2.88 bits per heavy atom. The maximum absolute atomic E-state index is 11.6. The van der Waals surface area contributed by atoms with Gasteiger partial charge in [0.15, 0.2) is 0 Å². The lowest BCUT2D eigenvalue weighted by atomic mass is 10.2. The van der Waals surface area contributed by atoms with Gasteiger partial charge in [-0.15, -0.1) is 0 Å². The first-order valence-corrected chi connectivity index (χ1v) is 6.31. The molecule has 17 heavy (non-hydrogen) atoms. The van der Waals surface area contributed by atoms with Gasteiger partial charge in [-0.2, -0.15) is 0 Å². The van der Waals surface area contributed by atoms with E-state index in [0.717, 1.165) is 25.7 Å². The molecule has 5 nitrogen and oxygen atoms in total. The molecule has 2 amide bonds. The van der Waals surface area contributed by atoms with Crippen LogP contribution in [0.15, 0.2) is 0 Å². The van der Waals surface area contributed by atoms with E-state index in [1.807, 2.05) is 0 Å². The minimum atomic E-state index is -0.637. The lowest BCUT2D eigenvalue weighted by Gasteiger charge is -2.23. The maximum Gasteiger partial charge on any atom is 0.329 e. The average Bonchev–Trinajstić information content (AvgIpc) is 2.27. The third-order valence-electron chi connectivity index (χ3n) is 2.47. The molecular formula is C11H18N2O3S. The topological polar surface area (TPSA) is 67.4 Å². The van der Waals surface area contributed by atoms with E-state index in [2.05, 4.69) is 17.6 Å². The quantitative estimate of drug-likeness (QED) is 0.430. The number of ether oxygens (including phenoxy) is 1. The minimum Gasteiger partial charge on any atom is -0.464 e. The number of unbranched alkanes of at least 4 members (excludes halogenated alkanes) is 3. The Morgan fingerprint density at radius 1 is 1.47 bits per heavy atom. The van der Waals surface area contributed by atoms with Crippen molar-refractivity contribution in [2.45, 2.75) is 45.1 Å². The lowest BCUT2D eigenvalue weighted by Crippen LogP contribution is -2.55. The van der Waals surface area contributed by atoms with Crippen LogP contribution in [0.3, 0.4) is 0 Å². The number of thiocarbonyl (C=S) groups is 1. The fourth-order valence-corrected chi connectivity index (χ4v) is 1.81. The predicted molar refractivity (Wildman–Crippen MR) is 67.8 cm³/mol. The summed E-state index contributed by atoms with van der Waals surface area (Å²) in [6.07, 6.45) is 4.52. The van der Waals surface area contributed by atoms with Crippen LogP contribution in [0.1, 0.15) is 39.0 Å². The molecule has 1 aliphatic heterocycles. The smallest absolute Gasteiger partial charge is 0.329 e. The van der Waals surface area contributed by atoms with Gasteiger partial charge in [-0.3, -0.25) is 0 Å². The summed E-state index contributed by atoms with van der Waals surface area (Å²) in [6, 6.07) is -1.07. The van der Waals surface area contributed by atoms with Crippen LogP contribution >= 0.6 is 12.2 Å². The summed E-state index contributed by atoms with van der Waals surface area (Å²) in [6.45, 7) is 2.53. The zero-order valence-corrected chi connectivity index (χ0v) is 10.8. The SMILES string of the molecule is CCCCCCOC(=O)[C@@H]1CC(=S)NC(=O)N1. The standard InChI is InChI=1S/C11H18N2O3S/c1-2-3-4-5-6-16-10(14)8-7-9(17)13-11(15)12-8/h8H,2-7H2,1H3,(H2,12,13,15,17)/t8-/m0/s1. The van der Waals surface area contributed by atoms with Crippen molar-refractivity contribution in [1.29, 1.82) is 0 Å². The molecule has 1 fully saturated rings. The van der Waals surface area contributed by atoms with Gasteiger partial charge in [0, 0.05) is 6.42 Å². The fourth-order valence-electron chi connectivity index (χ4n) is 1.55. The Labute approximate surface area is 106 Å². The average molecular weight is 258 g/mol. The van der Waals surface area contributed by atoms with E-state index in [9.17, 15) is 9.59 Å². The van der Waals surface area contributed by atoms with Gasteiger partial charge in [0.2, 0.25) is 0 Å². The molecule has 0 aromatic heterocycles. The van der Waals surface area contributed by atoms with E-state index in [4.69, 9.17) is 17.0 Å². The number of carbonyl (C=O) groups excluding carboxylic acids is 2. The first-order valence-electron chi connectivity index (χ1n) is 5.90. The van der Waals surface area contributed by atoms with Crippen molar-refractivity contribution in [3.63, 3.8) is 0 Å². The van der Waals surface area contributed by atoms with Gasteiger partial charge in [0.1, 0.15) is 6.04 Å². The molecule has 0 saturated carbocycles. The second kappa shape index (κ2) is 7.21. The van der Waals surface area contributed by atoms with Gasteiger partial charge in [-0.1, -0.05) is 38.4 Å². The van der Waals surface area contributed by atoms with Crippen molar-refractivity contribution in [3.05, 3.63) is 0 Å². The van der Waals surface area contributed by atoms with Gasteiger partial charge < -0.3 is 15.4 Å².